The van der Waals surface area contributed by atoms with E-state index < -0.39 is 0 Å². The number of benzene rings is 1. The predicted molar refractivity (Wildman–Crippen MR) is 71.2 cm³/mol. The van der Waals surface area contributed by atoms with Crippen molar-refractivity contribution in [2.75, 3.05) is 33.2 Å². The molecule has 18 heavy (non-hydrogen) atoms. The van der Waals surface area contributed by atoms with Crippen molar-refractivity contribution in [2.45, 2.75) is 6.54 Å². The average Bonchev–Trinajstić information content (AvgIpc) is 2.33. The second-order valence-electron chi connectivity index (χ2n) is 5.70. The van der Waals surface area contributed by atoms with E-state index in [-0.39, 0.29) is 11.8 Å². The van der Waals surface area contributed by atoms with E-state index in [1.54, 1.807) is 0 Å². The van der Waals surface area contributed by atoms with Crippen molar-refractivity contribution < 1.29 is 4.79 Å². The fourth-order valence-electron chi connectivity index (χ4n) is 3.30. The van der Waals surface area contributed by atoms with Crippen LogP contribution in [0.4, 0.5) is 0 Å². The molecule has 2 fully saturated rings. The number of nitrogens with zero attached hydrogens (tertiary/aromatic N) is 2. The fourth-order valence-corrected chi connectivity index (χ4v) is 3.30. The molecule has 0 spiro atoms. The van der Waals surface area contributed by atoms with Crippen LogP contribution in [0.3, 0.4) is 0 Å². The minimum absolute atomic E-state index is 0.228. The number of hydrogen-bond donors (Lipinski definition) is 0. The lowest BCUT2D eigenvalue weighted by Gasteiger charge is -2.43. The molecule has 3 heteroatoms. The van der Waals surface area contributed by atoms with Gasteiger partial charge in [-0.2, -0.15) is 0 Å². The van der Waals surface area contributed by atoms with Crippen LogP contribution in [0, 0.1) is 11.8 Å². The molecule has 2 atom stereocenters. The minimum atomic E-state index is 0.228. The summed E-state index contributed by atoms with van der Waals surface area (Å²) in [4.78, 5) is 16.8. The van der Waals surface area contributed by atoms with E-state index >= 15 is 0 Å². The molecular formula is C15H20N2O. The van der Waals surface area contributed by atoms with Crippen molar-refractivity contribution in [1.29, 1.82) is 0 Å². The Bertz CT molecular complexity index is 413. The molecule has 0 unspecified atom stereocenters. The lowest BCUT2D eigenvalue weighted by Crippen LogP contribution is -2.56. The highest BCUT2D eigenvalue weighted by atomic mass is 16.1. The van der Waals surface area contributed by atoms with E-state index in [4.69, 9.17) is 0 Å². The number of fused-ring (bicyclic) bond motifs is 2. The Labute approximate surface area is 108 Å². The summed E-state index contributed by atoms with van der Waals surface area (Å²) in [5, 5.41) is 0. The molecule has 0 saturated carbocycles. The zero-order valence-corrected chi connectivity index (χ0v) is 10.9. The normalized spacial score (nSPS) is 29.5. The van der Waals surface area contributed by atoms with Gasteiger partial charge in [-0.3, -0.25) is 9.69 Å². The Balaban J connectivity index is 1.68. The molecule has 2 saturated heterocycles. The number of carbonyl (C=O) groups excluding carboxylic acids is 1. The summed E-state index contributed by atoms with van der Waals surface area (Å²) in [5.74, 6) is 0.954. The molecule has 2 bridgehead atoms. The van der Waals surface area contributed by atoms with Crippen molar-refractivity contribution in [3.05, 3.63) is 35.9 Å². The molecule has 0 N–H and O–H groups in total. The van der Waals surface area contributed by atoms with Gasteiger partial charge >= 0.3 is 0 Å². The summed E-state index contributed by atoms with van der Waals surface area (Å²) < 4.78 is 0. The molecule has 0 aliphatic carbocycles. The zero-order valence-electron chi connectivity index (χ0n) is 10.9. The topological polar surface area (TPSA) is 23.6 Å². The van der Waals surface area contributed by atoms with E-state index in [9.17, 15) is 4.79 Å². The van der Waals surface area contributed by atoms with Crippen molar-refractivity contribution in [3.8, 4) is 0 Å². The molecule has 1 aromatic rings. The first-order chi connectivity index (χ1) is 8.72. The van der Waals surface area contributed by atoms with Crippen LogP contribution < -0.4 is 0 Å². The maximum atomic E-state index is 12.1. The third kappa shape index (κ3) is 2.33. The maximum absolute atomic E-state index is 12.1. The third-order valence-corrected chi connectivity index (χ3v) is 4.08. The number of ketones is 1. The number of piperidine rings is 2. The standard InChI is InChI=1S/C15H20N2O/c1-16-8-13-10-17(11-14(9-16)15(13)18)7-12-5-3-2-4-6-12/h2-6,13-14H,7-11H2,1H3/t13-,14-/m0/s1. The highest BCUT2D eigenvalue weighted by Gasteiger charge is 2.39. The van der Waals surface area contributed by atoms with Crippen LogP contribution in [0.1, 0.15) is 5.56 Å². The van der Waals surface area contributed by atoms with E-state index in [0.717, 1.165) is 32.7 Å². The predicted octanol–water partition coefficient (Wildman–Crippen LogP) is 1.25. The molecule has 0 radical (unpaired) electrons. The first kappa shape index (κ1) is 11.9. The lowest BCUT2D eigenvalue weighted by atomic mass is 9.83. The van der Waals surface area contributed by atoms with Gasteiger partial charge in [-0.1, -0.05) is 30.3 Å². The van der Waals surface area contributed by atoms with Gasteiger partial charge in [0.05, 0.1) is 0 Å². The molecular weight excluding hydrogens is 224 g/mol. The number of hydrogen-bond acceptors (Lipinski definition) is 3. The van der Waals surface area contributed by atoms with Gasteiger partial charge in [0.15, 0.2) is 0 Å². The Kier molecular flexibility index (Phi) is 3.18. The summed E-state index contributed by atoms with van der Waals surface area (Å²) in [6.45, 7) is 4.69. The Morgan fingerprint density at radius 3 is 2.28 bits per heavy atom. The van der Waals surface area contributed by atoms with Crippen molar-refractivity contribution >= 4 is 5.78 Å². The molecule has 3 nitrogen and oxygen atoms in total. The SMILES string of the molecule is CN1C[C@H]2CN(Cc3ccccc3)C[C@H](C1)C2=O. The zero-order chi connectivity index (χ0) is 12.5. The summed E-state index contributed by atoms with van der Waals surface area (Å²) in [7, 11) is 2.12. The number of carbonyl (C=O) groups is 1. The van der Waals surface area contributed by atoms with Gasteiger partial charge in [0.2, 0.25) is 0 Å². The van der Waals surface area contributed by atoms with Crippen LogP contribution in [-0.2, 0) is 11.3 Å². The summed E-state index contributed by atoms with van der Waals surface area (Å²) >= 11 is 0. The largest absolute Gasteiger partial charge is 0.305 e. The van der Waals surface area contributed by atoms with Crippen molar-refractivity contribution in [2.24, 2.45) is 11.8 Å². The number of rotatable bonds is 2. The smallest absolute Gasteiger partial charge is 0.144 e. The maximum Gasteiger partial charge on any atom is 0.144 e. The molecule has 3 rings (SSSR count). The second-order valence-corrected chi connectivity index (χ2v) is 5.70. The van der Waals surface area contributed by atoms with Crippen LogP contribution >= 0.6 is 0 Å². The molecule has 0 amide bonds. The summed E-state index contributed by atoms with van der Waals surface area (Å²) in [5.41, 5.74) is 1.35. The van der Waals surface area contributed by atoms with Gasteiger partial charge in [0.25, 0.3) is 0 Å². The van der Waals surface area contributed by atoms with Gasteiger partial charge in [-0.15, -0.1) is 0 Å². The van der Waals surface area contributed by atoms with Crippen LogP contribution in [0.5, 0.6) is 0 Å². The van der Waals surface area contributed by atoms with Gasteiger partial charge in [0, 0.05) is 44.6 Å². The first-order valence-corrected chi connectivity index (χ1v) is 6.71. The molecule has 2 aliphatic heterocycles. The van der Waals surface area contributed by atoms with E-state index in [2.05, 4.69) is 41.1 Å². The monoisotopic (exact) mass is 244 g/mol. The third-order valence-electron chi connectivity index (χ3n) is 4.08. The highest BCUT2D eigenvalue weighted by Crippen LogP contribution is 2.25. The van der Waals surface area contributed by atoms with Crippen LogP contribution in [0.15, 0.2) is 30.3 Å². The Morgan fingerprint density at radius 2 is 1.67 bits per heavy atom. The summed E-state index contributed by atoms with van der Waals surface area (Å²) in [6.07, 6.45) is 0. The first-order valence-electron chi connectivity index (χ1n) is 6.71. The van der Waals surface area contributed by atoms with Gasteiger partial charge in [0.1, 0.15) is 5.78 Å². The van der Waals surface area contributed by atoms with Crippen molar-refractivity contribution in [3.63, 3.8) is 0 Å². The van der Waals surface area contributed by atoms with Crippen LogP contribution in [0.25, 0.3) is 0 Å². The molecule has 1 aromatic carbocycles. The lowest BCUT2D eigenvalue weighted by molar-refractivity contribution is -0.137. The van der Waals surface area contributed by atoms with Gasteiger partial charge < -0.3 is 4.90 Å². The molecule has 2 heterocycles. The van der Waals surface area contributed by atoms with Crippen LogP contribution in [0.2, 0.25) is 0 Å². The average molecular weight is 244 g/mol. The minimum Gasteiger partial charge on any atom is -0.305 e. The molecule has 0 aromatic heterocycles. The van der Waals surface area contributed by atoms with Crippen molar-refractivity contribution in [1.82, 2.24) is 9.80 Å². The highest BCUT2D eigenvalue weighted by molar-refractivity contribution is 5.85. The van der Waals surface area contributed by atoms with E-state index in [0.29, 0.717) is 5.78 Å². The van der Waals surface area contributed by atoms with Gasteiger partial charge in [-0.05, 0) is 12.6 Å². The fraction of sp³-hybridized carbons (Fsp3) is 0.533. The Morgan fingerprint density at radius 1 is 1.06 bits per heavy atom. The molecule has 2 aliphatic rings. The van der Waals surface area contributed by atoms with E-state index in [1.165, 1.54) is 5.56 Å². The molecule has 96 valence electrons. The second kappa shape index (κ2) is 4.82. The van der Waals surface area contributed by atoms with Gasteiger partial charge in [-0.25, -0.2) is 0 Å². The quantitative estimate of drug-likeness (QED) is 0.782. The summed E-state index contributed by atoms with van der Waals surface area (Å²) in [6, 6.07) is 10.5. The Hall–Kier alpha value is -1.19. The number of Topliss-reactive ketones (excluding diaryl/α,β-unsaturated/α-hetero) is 1. The van der Waals surface area contributed by atoms with E-state index in [1.807, 2.05) is 6.07 Å². The number of likely N-dealkylation sites (tertiary alicyclic amines) is 2. The van der Waals surface area contributed by atoms with Crippen LogP contribution in [-0.4, -0.2) is 48.8 Å².